The summed E-state index contributed by atoms with van der Waals surface area (Å²) in [5.41, 5.74) is 1.32. The number of carbonyl (C=O) groups is 2. The molecule has 1 aliphatic heterocycles. The van der Waals surface area contributed by atoms with Crippen LogP contribution in [0.2, 0.25) is 0 Å². The molecular formula is C16H21NO3S2. The highest BCUT2D eigenvalue weighted by Gasteiger charge is 2.23. The fourth-order valence-electron chi connectivity index (χ4n) is 2.20. The van der Waals surface area contributed by atoms with Crippen molar-refractivity contribution in [2.75, 3.05) is 11.5 Å². The van der Waals surface area contributed by atoms with E-state index in [0.29, 0.717) is 16.6 Å². The molecule has 2 rings (SSSR count). The maximum absolute atomic E-state index is 12.3. The third-order valence-corrected chi connectivity index (χ3v) is 6.59. The van der Waals surface area contributed by atoms with Crippen LogP contribution in [0, 0.1) is 0 Å². The van der Waals surface area contributed by atoms with Gasteiger partial charge >= 0.3 is 5.97 Å². The van der Waals surface area contributed by atoms with E-state index in [2.05, 4.69) is 5.32 Å². The average molecular weight is 339 g/mol. The molecule has 0 radical (unpaired) electrons. The van der Waals surface area contributed by atoms with Gasteiger partial charge in [-0.2, -0.15) is 0 Å². The van der Waals surface area contributed by atoms with Gasteiger partial charge < -0.3 is 10.4 Å². The first-order chi connectivity index (χ1) is 10.4. The summed E-state index contributed by atoms with van der Waals surface area (Å²) in [7, 11) is 0. The number of carboxylic acid groups (broad SMARTS) is 1. The summed E-state index contributed by atoms with van der Waals surface area (Å²) in [5, 5.41) is 11.6. The van der Waals surface area contributed by atoms with Crippen molar-refractivity contribution < 1.29 is 14.7 Å². The largest absolute Gasteiger partial charge is 0.481 e. The van der Waals surface area contributed by atoms with Crippen LogP contribution in [0.3, 0.4) is 0 Å². The second-order valence-electron chi connectivity index (χ2n) is 5.93. The van der Waals surface area contributed by atoms with E-state index in [-0.39, 0.29) is 12.3 Å². The van der Waals surface area contributed by atoms with Crippen molar-refractivity contribution in [3.05, 3.63) is 35.4 Å². The third kappa shape index (κ3) is 4.95. The van der Waals surface area contributed by atoms with E-state index in [0.717, 1.165) is 0 Å². The first kappa shape index (κ1) is 17.2. The van der Waals surface area contributed by atoms with Gasteiger partial charge in [0, 0.05) is 29.0 Å². The molecule has 1 fully saturated rings. The standard InChI is InChI=1S/C16H21NO3S2/c1-16(2,8-7-13(18)19)17-14(20)11-3-5-12(6-4-11)15-21-9-10-22-15/h3-6,15H,7-10H2,1-2H3,(H,17,20)(H,18,19). The number of nitrogens with one attached hydrogen (secondary N) is 1. The Balaban J connectivity index is 1.95. The molecule has 1 amide bonds. The molecule has 0 saturated carbocycles. The van der Waals surface area contributed by atoms with Crippen LogP contribution in [0.1, 0.15) is 47.2 Å². The van der Waals surface area contributed by atoms with Gasteiger partial charge in [-0.3, -0.25) is 9.59 Å². The van der Waals surface area contributed by atoms with E-state index in [9.17, 15) is 9.59 Å². The number of amides is 1. The van der Waals surface area contributed by atoms with Crippen LogP contribution in [0.25, 0.3) is 0 Å². The van der Waals surface area contributed by atoms with E-state index < -0.39 is 11.5 Å². The monoisotopic (exact) mass is 339 g/mol. The minimum Gasteiger partial charge on any atom is -0.481 e. The molecule has 0 unspecified atom stereocenters. The number of thioether (sulfide) groups is 2. The predicted octanol–water partition coefficient (Wildman–Crippen LogP) is 3.54. The molecule has 6 heteroatoms. The highest BCUT2D eigenvalue weighted by molar-refractivity contribution is 8.19. The van der Waals surface area contributed by atoms with Gasteiger partial charge in [0.1, 0.15) is 0 Å². The minimum atomic E-state index is -0.849. The van der Waals surface area contributed by atoms with Crippen LogP contribution >= 0.6 is 23.5 Å². The quantitative estimate of drug-likeness (QED) is 0.830. The molecule has 0 aromatic heterocycles. The van der Waals surface area contributed by atoms with E-state index in [1.807, 2.05) is 61.6 Å². The Morgan fingerprint density at radius 1 is 1.23 bits per heavy atom. The lowest BCUT2D eigenvalue weighted by molar-refractivity contribution is -0.137. The summed E-state index contributed by atoms with van der Waals surface area (Å²) >= 11 is 3.87. The maximum Gasteiger partial charge on any atom is 0.303 e. The van der Waals surface area contributed by atoms with Gasteiger partial charge in [0.2, 0.25) is 0 Å². The van der Waals surface area contributed by atoms with Crippen LogP contribution < -0.4 is 5.32 Å². The molecule has 1 aromatic carbocycles. The number of hydrogen-bond acceptors (Lipinski definition) is 4. The van der Waals surface area contributed by atoms with Gasteiger partial charge in [0.25, 0.3) is 5.91 Å². The summed E-state index contributed by atoms with van der Waals surface area (Å²) in [6, 6.07) is 7.71. The first-order valence-corrected chi connectivity index (χ1v) is 9.35. The van der Waals surface area contributed by atoms with Crippen molar-refractivity contribution in [2.24, 2.45) is 0 Å². The molecule has 0 aliphatic carbocycles. The molecule has 0 atom stereocenters. The molecule has 1 aliphatic rings. The zero-order chi connectivity index (χ0) is 16.2. The number of carbonyl (C=O) groups excluding carboxylic acids is 1. The molecular weight excluding hydrogens is 318 g/mol. The number of rotatable bonds is 6. The highest BCUT2D eigenvalue weighted by Crippen LogP contribution is 2.45. The predicted molar refractivity (Wildman–Crippen MR) is 92.5 cm³/mol. The van der Waals surface area contributed by atoms with E-state index >= 15 is 0 Å². The molecule has 22 heavy (non-hydrogen) atoms. The van der Waals surface area contributed by atoms with E-state index in [1.54, 1.807) is 0 Å². The zero-order valence-corrected chi connectivity index (χ0v) is 14.4. The molecule has 1 heterocycles. The molecule has 0 spiro atoms. The molecule has 1 aromatic rings. The van der Waals surface area contributed by atoms with Crippen molar-refractivity contribution in [3.8, 4) is 0 Å². The maximum atomic E-state index is 12.3. The Labute approximate surface area is 139 Å². The van der Waals surface area contributed by atoms with Gasteiger partial charge in [-0.25, -0.2) is 0 Å². The second-order valence-corrected chi connectivity index (χ2v) is 8.65. The second kappa shape index (κ2) is 7.42. The third-order valence-electron chi connectivity index (χ3n) is 3.48. The van der Waals surface area contributed by atoms with E-state index in [1.165, 1.54) is 17.1 Å². The Morgan fingerprint density at radius 3 is 2.36 bits per heavy atom. The summed E-state index contributed by atoms with van der Waals surface area (Å²) in [6.07, 6.45) is 0.448. The lowest BCUT2D eigenvalue weighted by atomic mass is 9.97. The molecule has 0 bridgehead atoms. The Morgan fingerprint density at radius 2 is 1.82 bits per heavy atom. The van der Waals surface area contributed by atoms with Crippen LogP contribution in [-0.2, 0) is 4.79 Å². The van der Waals surface area contributed by atoms with Crippen LogP contribution in [0.15, 0.2) is 24.3 Å². The minimum absolute atomic E-state index is 0.0440. The normalized spacial score (nSPS) is 15.7. The zero-order valence-electron chi connectivity index (χ0n) is 12.8. The SMILES string of the molecule is CC(C)(CCC(=O)O)NC(=O)c1ccc(C2SCCS2)cc1. The molecule has 1 saturated heterocycles. The van der Waals surface area contributed by atoms with Gasteiger partial charge in [-0.15, -0.1) is 23.5 Å². The Kier molecular flexibility index (Phi) is 5.81. The van der Waals surface area contributed by atoms with E-state index in [4.69, 9.17) is 5.11 Å². The molecule has 120 valence electrons. The van der Waals surface area contributed by atoms with Crippen molar-refractivity contribution in [3.63, 3.8) is 0 Å². The highest BCUT2D eigenvalue weighted by atomic mass is 32.2. The smallest absolute Gasteiger partial charge is 0.303 e. The number of benzene rings is 1. The van der Waals surface area contributed by atoms with Gasteiger partial charge in [-0.1, -0.05) is 12.1 Å². The lowest BCUT2D eigenvalue weighted by Gasteiger charge is -2.25. The summed E-state index contributed by atoms with van der Waals surface area (Å²) in [6.45, 7) is 3.68. The van der Waals surface area contributed by atoms with Gasteiger partial charge in [-0.05, 0) is 38.0 Å². The molecule has 2 N–H and O–H groups in total. The molecule has 4 nitrogen and oxygen atoms in total. The Hall–Kier alpha value is -1.14. The van der Waals surface area contributed by atoms with Crippen LogP contribution in [0.4, 0.5) is 0 Å². The summed E-state index contributed by atoms with van der Waals surface area (Å²) in [4.78, 5) is 22.9. The summed E-state index contributed by atoms with van der Waals surface area (Å²) in [5.74, 6) is 1.34. The van der Waals surface area contributed by atoms with Crippen LogP contribution in [-0.4, -0.2) is 34.0 Å². The fraction of sp³-hybridized carbons (Fsp3) is 0.500. The topological polar surface area (TPSA) is 66.4 Å². The number of hydrogen-bond donors (Lipinski definition) is 2. The van der Waals surface area contributed by atoms with Crippen LogP contribution in [0.5, 0.6) is 0 Å². The average Bonchev–Trinajstić information content (AvgIpc) is 2.99. The van der Waals surface area contributed by atoms with Crippen molar-refractivity contribution >= 4 is 35.4 Å². The lowest BCUT2D eigenvalue weighted by Crippen LogP contribution is -2.43. The first-order valence-electron chi connectivity index (χ1n) is 7.25. The fourth-order valence-corrected chi connectivity index (χ4v) is 5.06. The van der Waals surface area contributed by atoms with Crippen molar-refractivity contribution in [2.45, 2.75) is 36.8 Å². The van der Waals surface area contributed by atoms with Crippen molar-refractivity contribution in [1.82, 2.24) is 5.32 Å². The van der Waals surface area contributed by atoms with Gasteiger partial charge in [0.15, 0.2) is 0 Å². The van der Waals surface area contributed by atoms with Crippen molar-refractivity contribution in [1.29, 1.82) is 0 Å². The van der Waals surface area contributed by atoms with Gasteiger partial charge in [0.05, 0.1) is 4.58 Å². The Bertz CT molecular complexity index is 537. The summed E-state index contributed by atoms with van der Waals surface area (Å²) < 4.78 is 0.476. The number of carboxylic acids is 1. The number of aliphatic carboxylic acids is 1.